The van der Waals surface area contributed by atoms with E-state index in [1.165, 1.54) is 0 Å². The van der Waals surface area contributed by atoms with E-state index in [2.05, 4.69) is 23.8 Å². The second-order valence-electron chi connectivity index (χ2n) is 6.89. The van der Waals surface area contributed by atoms with E-state index in [0.29, 0.717) is 11.6 Å². The fourth-order valence-electron chi connectivity index (χ4n) is 4.02. The van der Waals surface area contributed by atoms with Crippen molar-refractivity contribution in [3.8, 4) is 0 Å². The number of likely N-dealkylation sites (N-methyl/N-ethyl adjacent to an activating group) is 1. The fraction of sp³-hybridized carbons (Fsp3) is 0.647. The Balaban J connectivity index is 1.89. The van der Waals surface area contributed by atoms with Crippen molar-refractivity contribution in [1.82, 2.24) is 4.90 Å². The average Bonchev–Trinajstić information content (AvgIpc) is 3.02. The number of benzene rings is 1. The van der Waals surface area contributed by atoms with Gasteiger partial charge in [0.15, 0.2) is 0 Å². The molecule has 0 saturated carbocycles. The molecular formula is C17H23F3N2S. The highest BCUT2D eigenvalue weighted by Crippen LogP contribution is 2.41. The first kappa shape index (κ1) is 17.0. The van der Waals surface area contributed by atoms with E-state index in [1.807, 2.05) is 6.07 Å². The molecule has 0 bridgehead atoms. The summed E-state index contributed by atoms with van der Waals surface area (Å²) in [6.45, 7) is 3.96. The third-order valence-electron chi connectivity index (χ3n) is 5.15. The predicted molar refractivity (Wildman–Crippen MR) is 90.3 cm³/mol. The minimum Gasteiger partial charge on any atom is -0.355 e. The number of likely N-dealkylation sites (tertiary alicyclic amines) is 1. The van der Waals surface area contributed by atoms with Gasteiger partial charge in [-0.1, -0.05) is 12.1 Å². The highest BCUT2D eigenvalue weighted by molar-refractivity contribution is 7.82. The van der Waals surface area contributed by atoms with E-state index < -0.39 is 12.6 Å². The number of hydrogen-bond acceptors (Lipinski definition) is 3. The minimum atomic E-state index is -4.17. The Labute approximate surface area is 141 Å². The number of hydrogen-bond donors (Lipinski definition) is 1. The zero-order valence-corrected chi connectivity index (χ0v) is 14.4. The molecule has 0 spiro atoms. The Kier molecular flexibility index (Phi) is 4.34. The largest absolute Gasteiger partial charge is 0.393 e. The highest BCUT2D eigenvalue weighted by Gasteiger charge is 2.43. The van der Waals surface area contributed by atoms with Crippen molar-refractivity contribution in [3.63, 3.8) is 0 Å². The van der Waals surface area contributed by atoms with Gasteiger partial charge in [-0.25, -0.2) is 0 Å². The first-order valence-corrected chi connectivity index (χ1v) is 8.52. The van der Waals surface area contributed by atoms with Gasteiger partial charge in [0.2, 0.25) is 0 Å². The predicted octanol–water partition coefficient (Wildman–Crippen LogP) is 3.89. The van der Waals surface area contributed by atoms with E-state index in [0.717, 1.165) is 43.6 Å². The van der Waals surface area contributed by atoms with E-state index in [-0.39, 0.29) is 4.87 Å². The molecule has 6 heteroatoms. The van der Waals surface area contributed by atoms with Crippen LogP contribution in [-0.2, 0) is 12.8 Å². The molecule has 0 N–H and O–H groups in total. The van der Waals surface area contributed by atoms with Crippen molar-refractivity contribution < 1.29 is 13.2 Å². The van der Waals surface area contributed by atoms with Crippen LogP contribution in [0.15, 0.2) is 18.2 Å². The Bertz CT molecular complexity index is 586. The summed E-state index contributed by atoms with van der Waals surface area (Å²) in [4.78, 5) is 4.12. The highest BCUT2D eigenvalue weighted by atomic mass is 32.1. The molecule has 1 aromatic rings. The van der Waals surface area contributed by atoms with Gasteiger partial charge in [-0.15, -0.1) is 12.6 Å². The maximum absolute atomic E-state index is 12.7. The van der Waals surface area contributed by atoms with Gasteiger partial charge in [0.25, 0.3) is 0 Å². The fourth-order valence-corrected chi connectivity index (χ4v) is 4.55. The lowest BCUT2D eigenvalue weighted by atomic mass is 10.0. The quantitative estimate of drug-likeness (QED) is 0.831. The van der Waals surface area contributed by atoms with Crippen molar-refractivity contribution in [2.75, 3.05) is 25.0 Å². The molecule has 1 aromatic carbocycles. The zero-order chi connectivity index (χ0) is 16.8. The maximum atomic E-state index is 12.7. The SMILES string of the molecule is CN1CCCC1C(C)(S)N1CCc2ccc(CC(F)(F)F)cc21. The first-order valence-electron chi connectivity index (χ1n) is 8.07. The summed E-state index contributed by atoms with van der Waals surface area (Å²) in [6, 6.07) is 5.47. The number of halogens is 3. The van der Waals surface area contributed by atoms with Crippen molar-refractivity contribution >= 4 is 18.3 Å². The molecule has 3 rings (SSSR count). The molecule has 2 heterocycles. The normalized spacial score (nSPS) is 24.8. The summed E-state index contributed by atoms with van der Waals surface area (Å²) in [5, 5.41) is 0. The van der Waals surface area contributed by atoms with Gasteiger partial charge in [-0.2, -0.15) is 13.2 Å². The van der Waals surface area contributed by atoms with E-state index in [1.54, 1.807) is 12.1 Å². The zero-order valence-electron chi connectivity index (χ0n) is 13.5. The second kappa shape index (κ2) is 5.88. The molecule has 0 amide bonds. The molecule has 23 heavy (non-hydrogen) atoms. The van der Waals surface area contributed by atoms with Crippen molar-refractivity contribution in [1.29, 1.82) is 0 Å². The van der Waals surface area contributed by atoms with Crippen LogP contribution in [-0.4, -0.2) is 42.1 Å². The van der Waals surface area contributed by atoms with Crippen molar-refractivity contribution in [2.45, 2.75) is 49.7 Å². The third kappa shape index (κ3) is 3.33. The van der Waals surface area contributed by atoms with Crippen LogP contribution in [0.25, 0.3) is 0 Å². The Morgan fingerprint density at radius 3 is 2.61 bits per heavy atom. The van der Waals surface area contributed by atoms with E-state index in [4.69, 9.17) is 12.6 Å². The van der Waals surface area contributed by atoms with E-state index in [9.17, 15) is 13.2 Å². The minimum absolute atomic E-state index is 0.308. The van der Waals surface area contributed by atoms with Crippen LogP contribution in [0.2, 0.25) is 0 Å². The van der Waals surface area contributed by atoms with Gasteiger partial charge in [0.1, 0.15) is 0 Å². The van der Waals surface area contributed by atoms with Crippen LogP contribution < -0.4 is 4.90 Å². The Hall–Kier alpha value is -0.880. The standard InChI is InChI=1S/C17H23F3N2S/c1-16(23,15-4-3-8-21(15)2)22-9-7-13-6-5-12(10-14(13)22)11-17(18,19)20/h5-6,10,15,23H,3-4,7-9,11H2,1-2H3. The molecule has 0 radical (unpaired) electrons. The third-order valence-corrected chi connectivity index (χ3v) is 5.69. The van der Waals surface area contributed by atoms with Gasteiger partial charge in [0, 0.05) is 18.3 Å². The molecule has 2 unspecified atom stereocenters. The van der Waals surface area contributed by atoms with Crippen LogP contribution in [0.4, 0.5) is 18.9 Å². The van der Waals surface area contributed by atoms with Crippen molar-refractivity contribution in [2.24, 2.45) is 0 Å². The Morgan fingerprint density at radius 1 is 1.26 bits per heavy atom. The van der Waals surface area contributed by atoms with Crippen LogP contribution in [0.5, 0.6) is 0 Å². The summed E-state index contributed by atoms with van der Waals surface area (Å²) in [7, 11) is 2.10. The van der Waals surface area contributed by atoms with Gasteiger partial charge >= 0.3 is 6.18 Å². The van der Waals surface area contributed by atoms with Gasteiger partial charge in [-0.05, 0) is 57.0 Å². The lowest BCUT2D eigenvalue weighted by molar-refractivity contribution is -0.127. The number of thiol groups is 1. The molecule has 0 aliphatic carbocycles. The monoisotopic (exact) mass is 344 g/mol. The average molecular weight is 344 g/mol. The second-order valence-corrected chi connectivity index (χ2v) is 7.79. The summed E-state index contributed by atoms with van der Waals surface area (Å²) in [5.41, 5.74) is 2.37. The molecule has 1 fully saturated rings. The molecule has 2 aliphatic rings. The molecule has 128 valence electrons. The van der Waals surface area contributed by atoms with Crippen LogP contribution in [0.3, 0.4) is 0 Å². The van der Waals surface area contributed by atoms with Gasteiger partial charge < -0.3 is 9.80 Å². The summed E-state index contributed by atoms with van der Waals surface area (Å²) >= 11 is 4.94. The number of fused-ring (bicyclic) bond motifs is 1. The lowest BCUT2D eigenvalue weighted by Crippen LogP contribution is -2.54. The molecule has 1 saturated heterocycles. The van der Waals surface area contributed by atoms with Crippen molar-refractivity contribution in [3.05, 3.63) is 29.3 Å². The summed E-state index contributed by atoms with van der Waals surface area (Å²) in [5.74, 6) is 0. The summed E-state index contributed by atoms with van der Waals surface area (Å²) < 4.78 is 38.1. The van der Waals surface area contributed by atoms with Crippen LogP contribution >= 0.6 is 12.6 Å². The smallest absolute Gasteiger partial charge is 0.355 e. The topological polar surface area (TPSA) is 6.48 Å². The van der Waals surface area contributed by atoms with Gasteiger partial charge in [-0.3, -0.25) is 0 Å². The lowest BCUT2D eigenvalue weighted by Gasteiger charge is -2.44. The number of rotatable bonds is 3. The molecular weight excluding hydrogens is 321 g/mol. The maximum Gasteiger partial charge on any atom is 0.393 e. The number of anilines is 1. The summed E-state index contributed by atoms with van der Waals surface area (Å²) in [6.07, 6.45) is -1.96. The number of nitrogens with zero attached hydrogens (tertiary/aromatic N) is 2. The first-order chi connectivity index (χ1) is 10.7. The molecule has 0 aromatic heterocycles. The number of alkyl halides is 3. The van der Waals surface area contributed by atoms with Crippen LogP contribution in [0.1, 0.15) is 30.9 Å². The molecule has 2 aliphatic heterocycles. The van der Waals surface area contributed by atoms with E-state index >= 15 is 0 Å². The van der Waals surface area contributed by atoms with Crippen LogP contribution in [0, 0.1) is 0 Å². The molecule has 2 nitrogen and oxygen atoms in total. The van der Waals surface area contributed by atoms with Gasteiger partial charge in [0.05, 0.1) is 11.3 Å². The Morgan fingerprint density at radius 2 is 2.00 bits per heavy atom. The molecule has 2 atom stereocenters.